The molecule has 0 saturated heterocycles. The summed E-state index contributed by atoms with van der Waals surface area (Å²) in [4.78, 5) is 23.9. The largest absolute Gasteiger partial charge is 0.349 e. The van der Waals surface area contributed by atoms with Crippen LogP contribution in [0.1, 0.15) is 68.3 Å². The van der Waals surface area contributed by atoms with Crippen molar-refractivity contribution in [1.29, 1.82) is 0 Å². The number of rotatable bonds is 5. The first-order valence-corrected chi connectivity index (χ1v) is 8.99. The van der Waals surface area contributed by atoms with Gasteiger partial charge in [-0.15, -0.1) is 0 Å². The highest BCUT2D eigenvalue weighted by Gasteiger charge is 2.15. The highest BCUT2D eigenvalue weighted by atomic mass is 16.2. The van der Waals surface area contributed by atoms with Crippen LogP contribution >= 0.6 is 0 Å². The van der Waals surface area contributed by atoms with Gasteiger partial charge in [0.2, 0.25) is 0 Å². The molecule has 1 aliphatic rings. The van der Waals surface area contributed by atoms with Crippen LogP contribution in [0.3, 0.4) is 0 Å². The van der Waals surface area contributed by atoms with E-state index in [2.05, 4.69) is 16.0 Å². The Bertz CT molecular complexity index is 532. The van der Waals surface area contributed by atoms with Crippen LogP contribution < -0.4 is 16.0 Å². The monoisotopic (exact) mass is 331 g/mol. The zero-order valence-corrected chi connectivity index (χ0v) is 14.7. The third kappa shape index (κ3) is 6.22. The molecule has 132 valence electrons. The maximum absolute atomic E-state index is 12.3. The van der Waals surface area contributed by atoms with Gasteiger partial charge in [0.05, 0.1) is 0 Å². The average molecular weight is 331 g/mol. The van der Waals surface area contributed by atoms with Gasteiger partial charge in [0.15, 0.2) is 0 Å². The highest BCUT2D eigenvalue weighted by Crippen LogP contribution is 2.17. The van der Waals surface area contributed by atoms with Crippen molar-refractivity contribution < 1.29 is 9.59 Å². The molecule has 3 amide bonds. The predicted octanol–water partition coefficient (Wildman–Crippen LogP) is 3.35. The lowest BCUT2D eigenvalue weighted by molar-refractivity contribution is 0.0933. The van der Waals surface area contributed by atoms with E-state index in [9.17, 15) is 9.59 Å². The Hall–Kier alpha value is -2.04. The molecule has 0 atom stereocenters. The second-order valence-corrected chi connectivity index (χ2v) is 6.84. The van der Waals surface area contributed by atoms with Crippen LogP contribution in [0.5, 0.6) is 0 Å². The summed E-state index contributed by atoms with van der Waals surface area (Å²) in [6.45, 7) is 4.28. The van der Waals surface area contributed by atoms with E-state index >= 15 is 0 Å². The lowest BCUT2D eigenvalue weighted by atomic mass is 10.1. The van der Waals surface area contributed by atoms with Gasteiger partial charge in [0.25, 0.3) is 5.91 Å². The van der Waals surface area contributed by atoms with Gasteiger partial charge in [-0.25, -0.2) is 4.79 Å². The number of benzene rings is 1. The average Bonchev–Trinajstić information content (AvgIpc) is 2.81. The highest BCUT2D eigenvalue weighted by molar-refractivity contribution is 5.94. The van der Waals surface area contributed by atoms with Gasteiger partial charge in [-0.1, -0.05) is 37.8 Å². The summed E-state index contributed by atoms with van der Waals surface area (Å²) in [5.41, 5.74) is 1.65. The van der Waals surface area contributed by atoms with Crippen LogP contribution in [0, 0.1) is 0 Å². The molecular weight excluding hydrogens is 302 g/mol. The Morgan fingerprint density at radius 3 is 2.25 bits per heavy atom. The number of carbonyl (C=O) groups is 2. The standard InChI is InChI=1S/C19H29N3O2/c1-14(2)21-19(24)20-13-15-9-11-16(12-10-15)18(23)22-17-7-5-3-4-6-8-17/h9-12,14,17H,3-8,13H2,1-2H3,(H,22,23)(H2,20,21,24). The van der Waals surface area contributed by atoms with Gasteiger partial charge in [-0.05, 0) is 44.4 Å². The summed E-state index contributed by atoms with van der Waals surface area (Å²) < 4.78 is 0. The fourth-order valence-electron chi connectivity index (χ4n) is 2.96. The SMILES string of the molecule is CC(C)NC(=O)NCc1ccc(C(=O)NC2CCCCCC2)cc1. The number of hydrogen-bond donors (Lipinski definition) is 3. The maximum atomic E-state index is 12.3. The predicted molar refractivity (Wildman–Crippen MR) is 95.9 cm³/mol. The van der Waals surface area contributed by atoms with Crippen molar-refractivity contribution in [3.05, 3.63) is 35.4 Å². The summed E-state index contributed by atoms with van der Waals surface area (Å²) in [6, 6.07) is 7.66. The fourth-order valence-corrected chi connectivity index (χ4v) is 2.96. The molecule has 0 spiro atoms. The third-order valence-electron chi connectivity index (χ3n) is 4.28. The summed E-state index contributed by atoms with van der Waals surface area (Å²) in [6.07, 6.45) is 7.12. The molecule has 0 aliphatic heterocycles. The lowest BCUT2D eigenvalue weighted by Gasteiger charge is -2.16. The molecule has 1 aromatic carbocycles. The van der Waals surface area contributed by atoms with Crippen molar-refractivity contribution in [3.63, 3.8) is 0 Å². The zero-order chi connectivity index (χ0) is 17.4. The van der Waals surface area contributed by atoms with Crippen LogP contribution in [-0.4, -0.2) is 24.0 Å². The van der Waals surface area contributed by atoms with Crippen LogP contribution in [-0.2, 0) is 6.54 Å². The van der Waals surface area contributed by atoms with Gasteiger partial charge in [-0.2, -0.15) is 0 Å². The van der Waals surface area contributed by atoms with Crippen LogP contribution in [0.2, 0.25) is 0 Å². The molecule has 1 aliphatic carbocycles. The Kier molecular flexibility index (Phi) is 7.09. The minimum atomic E-state index is -0.180. The second kappa shape index (κ2) is 9.30. The molecule has 5 nitrogen and oxygen atoms in total. The molecular formula is C19H29N3O2. The number of carbonyl (C=O) groups excluding carboxylic acids is 2. The fraction of sp³-hybridized carbons (Fsp3) is 0.579. The number of urea groups is 1. The molecule has 3 N–H and O–H groups in total. The topological polar surface area (TPSA) is 70.2 Å². The smallest absolute Gasteiger partial charge is 0.315 e. The van der Waals surface area contributed by atoms with Crippen LogP contribution in [0.4, 0.5) is 4.79 Å². The van der Waals surface area contributed by atoms with E-state index in [0.717, 1.165) is 18.4 Å². The van der Waals surface area contributed by atoms with Crippen LogP contribution in [0.25, 0.3) is 0 Å². The van der Waals surface area contributed by atoms with Crippen molar-refractivity contribution >= 4 is 11.9 Å². The minimum Gasteiger partial charge on any atom is -0.349 e. The van der Waals surface area contributed by atoms with E-state index in [1.807, 2.05) is 38.1 Å². The van der Waals surface area contributed by atoms with Gasteiger partial charge >= 0.3 is 6.03 Å². The van der Waals surface area contributed by atoms with Gasteiger partial charge < -0.3 is 16.0 Å². The third-order valence-corrected chi connectivity index (χ3v) is 4.28. The first kappa shape index (κ1) is 18.3. The Labute approximate surface area is 144 Å². The minimum absolute atomic E-state index is 0.000963. The molecule has 1 saturated carbocycles. The van der Waals surface area contributed by atoms with E-state index in [-0.39, 0.29) is 18.0 Å². The van der Waals surface area contributed by atoms with E-state index < -0.39 is 0 Å². The van der Waals surface area contributed by atoms with E-state index in [1.165, 1.54) is 25.7 Å². The van der Waals surface area contributed by atoms with Crippen molar-refractivity contribution in [2.24, 2.45) is 0 Å². The number of nitrogens with one attached hydrogen (secondary N) is 3. The van der Waals surface area contributed by atoms with Crippen LogP contribution in [0.15, 0.2) is 24.3 Å². The molecule has 0 bridgehead atoms. The zero-order valence-electron chi connectivity index (χ0n) is 14.7. The molecule has 1 aromatic rings. The Morgan fingerprint density at radius 1 is 1.04 bits per heavy atom. The van der Waals surface area contributed by atoms with Crippen molar-refractivity contribution in [2.75, 3.05) is 0 Å². The van der Waals surface area contributed by atoms with E-state index in [1.54, 1.807) is 0 Å². The van der Waals surface area contributed by atoms with E-state index in [0.29, 0.717) is 18.2 Å². The summed E-state index contributed by atoms with van der Waals surface area (Å²) >= 11 is 0. The molecule has 1 fully saturated rings. The quantitative estimate of drug-likeness (QED) is 0.724. The first-order chi connectivity index (χ1) is 11.5. The van der Waals surface area contributed by atoms with Gasteiger partial charge in [-0.3, -0.25) is 4.79 Å². The first-order valence-electron chi connectivity index (χ1n) is 8.99. The molecule has 2 rings (SSSR count). The summed E-state index contributed by atoms with van der Waals surface area (Å²) in [7, 11) is 0. The Morgan fingerprint density at radius 2 is 1.67 bits per heavy atom. The van der Waals surface area contributed by atoms with Crippen molar-refractivity contribution in [1.82, 2.24) is 16.0 Å². The van der Waals surface area contributed by atoms with Gasteiger partial charge in [0, 0.05) is 24.2 Å². The molecule has 0 heterocycles. The molecule has 0 radical (unpaired) electrons. The van der Waals surface area contributed by atoms with Gasteiger partial charge in [0.1, 0.15) is 0 Å². The van der Waals surface area contributed by atoms with Crippen molar-refractivity contribution in [2.45, 2.75) is 71.0 Å². The summed E-state index contributed by atoms with van der Waals surface area (Å²) in [5.74, 6) is -0.000963. The number of hydrogen-bond acceptors (Lipinski definition) is 2. The van der Waals surface area contributed by atoms with Crippen molar-refractivity contribution in [3.8, 4) is 0 Å². The van der Waals surface area contributed by atoms with E-state index in [4.69, 9.17) is 0 Å². The lowest BCUT2D eigenvalue weighted by Crippen LogP contribution is -2.39. The maximum Gasteiger partial charge on any atom is 0.315 e. The molecule has 0 unspecified atom stereocenters. The second-order valence-electron chi connectivity index (χ2n) is 6.84. The molecule has 0 aromatic heterocycles. The normalized spacial score (nSPS) is 15.6. The summed E-state index contributed by atoms with van der Waals surface area (Å²) in [5, 5.41) is 8.73. The molecule has 5 heteroatoms. The molecule has 24 heavy (non-hydrogen) atoms. The Balaban J connectivity index is 1.82. The number of amides is 3.